The van der Waals surface area contributed by atoms with E-state index in [0.717, 1.165) is 0 Å². The lowest BCUT2D eigenvalue weighted by molar-refractivity contribution is 0.311. The van der Waals surface area contributed by atoms with Gasteiger partial charge in [0.25, 0.3) is 0 Å². The zero-order valence-electron chi connectivity index (χ0n) is 16.5. The Balaban J connectivity index is 2.32. The van der Waals surface area contributed by atoms with Gasteiger partial charge in [-0.05, 0) is 25.1 Å². The summed E-state index contributed by atoms with van der Waals surface area (Å²) in [5.41, 5.74) is 0.597. The number of hydrogen-bond donors (Lipinski definition) is 0. The largest absolute Gasteiger partial charge is 0.496 e. The van der Waals surface area contributed by atoms with Gasteiger partial charge in [0.05, 0.1) is 35.0 Å². The van der Waals surface area contributed by atoms with Crippen LogP contribution in [0.3, 0.4) is 0 Å². The lowest BCUT2D eigenvalue weighted by atomic mass is 10.1. The summed E-state index contributed by atoms with van der Waals surface area (Å²) in [6.07, 6.45) is 0. The Bertz CT molecular complexity index is 1050. The molecule has 0 bridgehead atoms. The van der Waals surface area contributed by atoms with E-state index in [1.54, 1.807) is 37.4 Å². The molecule has 0 aliphatic rings. The predicted octanol–water partition coefficient (Wildman–Crippen LogP) is 3.89. The van der Waals surface area contributed by atoms with Gasteiger partial charge in [-0.3, -0.25) is 4.79 Å². The fourth-order valence-corrected chi connectivity index (χ4v) is 2.98. The molecule has 3 aromatic rings. The highest BCUT2D eigenvalue weighted by Crippen LogP contribution is 2.39. The van der Waals surface area contributed by atoms with Crippen LogP contribution in [-0.2, 0) is 0 Å². The highest BCUT2D eigenvalue weighted by atomic mass is 16.5. The molecule has 1 heterocycles. The van der Waals surface area contributed by atoms with E-state index >= 15 is 0 Å². The summed E-state index contributed by atoms with van der Waals surface area (Å²) in [6.45, 7) is 2.34. The lowest BCUT2D eigenvalue weighted by Crippen LogP contribution is -2.09. The summed E-state index contributed by atoms with van der Waals surface area (Å²) in [7, 11) is 5.99. The topological polar surface area (TPSA) is 76.4 Å². The molecule has 28 heavy (non-hydrogen) atoms. The zero-order chi connectivity index (χ0) is 20.3. The molecule has 0 aliphatic carbocycles. The minimum absolute atomic E-state index is 0.0728. The summed E-state index contributed by atoms with van der Waals surface area (Å²) in [6, 6.07) is 8.52. The SMILES string of the molecule is CCOc1cc(-c2oc3cc(OC)cc(OC)c3c(=O)c2OC)ccc1OC. The number of ether oxygens (including phenoxy) is 5. The van der Waals surface area contributed by atoms with Crippen LogP contribution in [0.25, 0.3) is 22.3 Å². The molecule has 0 fully saturated rings. The predicted molar refractivity (Wildman–Crippen MR) is 105 cm³/mol. The molecule has 7 nitrogen and oxygen atoms in total. The fourth-order valence-electron chi connectivity index (χ4n) is 2.98. The molecular formula is C21H22O7. The summed E-state index contributed by atoms with van der Waals surface area (Å²) in [4.78, 5) is 13.1. The molecule has 148 valence electrons. The first-order valence-electron chi connectivity index (χ1n) is 8.65. The number of rotatable bonds is 7. The van der Waals surface area contributed by atoms with Gasteiger partial charge in [-0.2, -0.15) is 0 Å². The van der Waals surface area contributed by atoms with Gasteiger partial charge in [-0.15, -0.1) is 0 Å². The first kappa shape index (κ1) is 19.4. The number of hydrogen-bond acceptors (Lipinski definition) is 7. The monoisotopic (exact) mass is 386 g/mol. The molecule has 0 saturated heterocycles. The molecular weight excluding hydrogens is 364 g/mol. The van der Waals surface area contributed by atoms with E-state index in [1.807, 2.05) is 6.92 Å². The molecule has 0 aliphatic heterocycles. The molecule has 1 aromatic heterocycles. The number of fused-ring (bicyclic) bond motifs is 1. The van der Waals surface area contributed by atoms with Crippen molar-refractivity contribution in [2.24, 2.45) is 0 Å². The maximum absolute atomic E-state index is 13.1. The van der Waals surface area contributed by atoms with Gasteiger partial charge in [0.2, 0.25) is 11.2 Å². The molecule has 3 rings (SSSR count). The Morgan fingerprint density at radius 1 is 0.857 bits per heavy atom. The van der Waals surface area contributed by atoms with Gasteiger partial charge >= 0.3 is 0 Å². The van der Waals surface area contributed by atoms with Crippen LogP contribution in [0.2, 0.25) is 0 Å². The summed E-state index contributed by atoms with van der Waals surface area (Å²) in [5.74, 6) is 2.32. The second kappa shape index (κ2) is 8.12. The normalized spacial score (nSPS) is 10.6. The quantitative estimate of drug-likeness (QED) is 0.610. The van der Waals surface area contributed by atoms with Gasteiger partial charge in [0, 0.05) is 17.7 Å². The van der Waals surface area contributed by atoms with Crippen molar-refractivity contribution in [3.63, 3.8) is 0 Å². The maximum Gasteiger partial charge on any atom is 0.239 e. The molecule has 7 heteroatoms. The van der Waals surface area contributed by atoms with Crippen molar-refractivity contribution in [2.75, 3.05) is 35.0 Å². The molecule has 2 aromatic carbocycles. The first-order chi connectivity index (χ1) is 13.6. The average Bonchev–Trinajstić information content (AvgIpc) is 2.72. The van der Waals surface area contributed by atoms with Crippen LogP contribution >= 0.6 is 0 Å². The molecule has 0 amide bonds. The molecule has 0 N–H and O–H groups in total. The van der Waals surface area contributed by atoms with E-state index < -0.39 is 0 Å². The highest BCUT2D eigenvalue weighted by Gasteiger charge is 2.21. The van der Waals surface area contributed by atoms with Crippen LogP contribution in [0.5, 0.6) is 28.7 Å². The van der Waals surface area contributed by atoms with Crippen molar-refractivity contribution in [3.05, 3.63) is 40.6 Å². The van der Waals surface area contributed by atoms with Gasteiger partial charge in [0.1, 0.15) is 22.5 Å². The van der Waals surface area contributed by atoms with Crippen molar-refractivity contribution in [3.8, 4) is 40.1 Å². The second-order valence-corrected chi connectivity index (χ2v) is 5.80. The molecule has 0 unspecified atom stereocenters. The third kappa shape index (κ3) is 3.31. The van der Waals surface area contributed by atoms with E-state index in [1.165, 1.54) is 21.3 Å². The summed E-state index contributed by atoms with van der Waals surface area (Å²) >= 11 is 0. The maximum atomic E-state index is 13.1. The lowest BCUT2D eigenvalue weighted by Gasteiger charge is -2.14. The van der Waals surface area contributed by atoms with Crippen LogP contribution in [-0.4, -0.2) is 35.0 Å². The average molecular weight is 386 g/mol. The molecule has 0 radical (unpaired) electrons. The van der Waals surface area contributed by atoms with Crippen LogP contribution in [0, 0.1) is 0 Å². The number of benzene rings is 2. The van der Waals surface area contributed by atoms with Crippen LogP contribution in [0.4, 0.5) is 0 Å². The van der Waals surface area contributed by atoms with Crippen LogP contribution in [0.15, 0.2) is 39.5 Å². The Kier molecular flexibility index (Phi) is 5.63. The van der Waals surface area contributed by atoms with Crippen molar-refractivity contribution in [1.29, 1.82) is 0 Å². The third-order valence-corrected chi connectivity index (χ3v) is 4.28. The minimum atomic E-state index is -0.341. The van der Waals surface area contributed by atoms with E-state index in [2.05, 4.69) is 0 Å². The minimum Gasteiger partial charge on any atom is -0.496 e. The smallest absolute Gasteiger partial charge is 0.239 e. The van der Waals surface area contributed by atoms with Gasteiger partial charge in [-0.25, -0.2) is 0 Å². The molecule has 0 atom stereocenters. The van der Waals surface area contributed by atoms with Gasteiger partial charge in [-0.1, -0.05) is 0 Å². The van der Waals surface area contributed by atoms with Crippen molar-refractivity contribution in [1.82, 2.24) is 0 Å². The van der Waals surface area contributed by atoms with E-state index in [0.29, 0.717) is 40.8 Å². The van der Waals surface area contributed by atoms with Crippen molar-refractivity contribution < 1.29 is 28.1 Å². The summed E-state index contributed by atoms with van der Waals surface area (Å²) < 4.78 is 33.0. The van der Waals surface area contributed by atoms with E-state index in [4.69, 9.17) is 28.1 Å². The Labute approximate surface area is 162 Å². The first-order valence-corrected chi connectivity index (χ1v) is 8.65. The Hall–Kier alpha value is -3.35. The van der Waals surface area contributed by atoms with Gasteiger partial charge in [0.15, 0.2) is 17.3 Å². The van der Waals surface area contributed by atoms with E-state index in [-0.39, 0.29) is 22.3 Å². The molecule has 0 spiro atoms. The standard InChI is InChI=1S/C21H22O7/c1-6-27-15-9-12(7-8-14(15)24-3)20-21(26-5)19(22)18-16(25-4)10-13(23-2)11-17(18)28-20/h7-11H,6H2,1-5H3. The van der Waals surface area contributed by atoms with Crippen molar-refractivity contribution in [2.45, 2.75) is 6.92 Å². The summed E-state index contributed by atoms with van der Waals surface area (Å²) in [5, 5.41) is 0.280. The third-order valence-electron chi connectivity index (χ3n) is 4.28. The van der Waals surface area contributed by atoms with E-state index in [9.17, 15) is 4.79 Å². The Morgan fingerprint density at radius 2 is 1.61 bits per heavy atom. The molecule has 0 saturated carbocycles. The second-order valence-electron chi connectivity index (χ2n) is 5.80. The highest BCUT2D eigenvalue weighted by molar-refractivity contribution is 5.88. The van der Waals surface area contributed by atoms with Crippen LogP contribution in [0.1, 0.15) is 6.92 Å². The Morgan fingerprint density at radius 3 is 2.21 bits per heavy atom. The van der Waals surface area contributed by atoms with Crippen LogP contribution < -0.4 is 29.1 Å². The van der Waals surface area contributed by atoms with Crippen molar-refractivity contribution >= 4 is 11.0 Å². The fraction of sp³-hybridized carbons (Fsp3) is 0.286. The van der Waals surface area contributed by atoms with Gasteiger partial charge < -0.3 is 28.1 Å². The zero-order valence-corrected chi connectivity index (χ0v) is 16.5. The number of methoxy groups -OCH3 is 4.